The van der Waals surface area contributed by atoms with Gasteiger partial charge in [-0.3, -0.25) is 4.98 Å². The lowest BCUT2D eigenvalue weighted by molar-refractivity contribution is 0.459. The van der Waals surface area contributed by atoms with Crippen LogP contribution in [0.3, 0.4) is 0 Å². The van der Waals surface area contributed by atoms with E-state index in [2.05, 4.69) is 19.9 Å². The second kappa shape index (κ2) is 5.87. The van der Waals surface area contributed by atoms with Gasteiger partial charge in [-0.15, -0.1) is 0 Å². The molecular weight excluding hydrogens is 236 g/mol. The minimum absolute atomic E-state index is 0.582. The summed E-state index contributed by atoms with van der Waals surface area (Å²) >= 11 is 0. The molecule has 1 aliphatic rings. The minimum Gasteiger partial charge on any atom is -0.353 e. The summed E-state index contributed by atoms with van der Waals surface area (Å²) in [4.78, 5) is 8.80. The Labute approximate surface area is 113 Å². The van der Waals surface area contributed by atoms with E-state index >= 15 is 0 Å². The summed E-state index contributed by atoms with van der Waals surface area (Å²) < 4.78 is 2.14. The van der Waals surface area contributed by atoms with Crippen LogP contribution in [0.25, 0.3) is 0 Å². The van der Waals surface area contributed by atoms with Crippen LogP contribution in [0, 0.1) is 0 Å². The molecule has 1 fully saturated rings. The number of aromatic nitrogens is 3. The van der Waals surface area contributed by atoms with Gasteiger partial charge in [0, 0.05) is 24.6 Å². The molecule has 0 aromatic carbocycles. The number of hydrogen-bond acceptors (Lipinski definition) is 3. The maximum atomic E-state index is 4.43. The fourth-order valence-electron chi connectivity index (χ4n) is 2.67. The van der Waals surface area contributed by atoms with Crippen LogP contribution in [-0.4, -0.2) is 20.6 Å². The number of rotatable bonds is 4. The molecule has 1 N–H and O–H groups in total. The quantitative estimate of drug-likeness (QED) is 0.914. The van der Waals surface area contributed by atoms with E-state index in [9.17, 15) is 0 Å². The van der Waals surface area contributed by atoms with E-state index in [0.717, 1.165) is 18.2 Å². The Morgan fingerprint density at radius 1 is 1.11 bits per heavy atom. The summed E-state index contributed by atoms with van der Waals surface area (Å²) in [6.45, 7) is 0.774. The Bertz CT molecular complexity index is 500. The molecule has 4 nitrogen and oxygen atoms in total. The molecular formula is C15H20N4. The van der Waals surface area contributed by atoms with Crippen LogP contribution in [0.15, 0.2) is 36.8 Å². The van der Waals surface area contributed by atoms with Gasteiger partial charge < -0.3 is 9.88 Å². The Hall–Kier alpha value is -1.84. The lowest BCUT2D eigenvalue weighted by Gasteiger charge is -2.23. The molecule has 0 saturated heterocycles. The summed E-state index contributed by atoms with van der Waals surface area (Å²) in [6.07, 6.45) is 12.3. The molecule has 0 radical (unpaired) electrons. The number of imidazole rings is 1. The SMILES string of the molecule is c1ccc(Cn2ccnc2NC2CCCCC2)nc1. The molecule has 2 aromatic rings. The molecule has 0 spiro atoms. The zero-order chi connectivity index (χ0) is 12.9. The Balaban J connectivity index is 1.68. The highest BCUT2D eigenvalue weighted by atomic mass is 15.2. The summed E-state index contributed by atoms with van der Waals surface area (Å²) in [5, 5.41) is 3.57. The second-order valence-corrected chi connectivity index (χ2v) is 5.18. The van der Waals surface area contributed by atoms with Crippen molar-refractivity contribution in [1.29, 1.82) is 0 Å². The van der Waals surface area contributed by atoms with Crippen molar-refractivity contribution in [1.82, 2.24) is 14.5 Å². The fraction of sp³-hybridized carbons (Fsp3) is 0.467. The van der Waals surface area contributed by atoms with Crippen LogP contribution in [0.2, 0.25) is 0 Å². The summed E-state index contributed by atoms with van der Waals surface area (Å²) in [5.41, 5.74) is 1.06. The smallest absolute Gasteiger partial charge is 0.203 e. The molecule has 0 unspecified atom stereocenters. The molecule has 1 aliphatic carbocycles. The molecule has 0 bridgehead atoms. The van der Waals surface area contributed by atoms with Gasteiger partial charge >= 0.3 is 0 Å². The minimum atomic E-state index is 0.582. The van der Waals surface area contributed by atoms with Gasteiger partial charge in [-0.2, -0.15) is 0 Å². The van der Waals surface area contributed by atoms with Gasteiger partial charge in [-0.25, -0.2) is 4.98 Å². The van der Waals surface area contributed by atoms with E-state index < -0.39 is 0 Å². The Morgan fingerprint density at radius 2 is 2.00 bits per heavy atom. The highest BCUT2D eigenvalue weighted by Gasteiger charge is 2.15. The molecule has 2 heterocycles. The summed E-state index contributed by atoms with van der Waals surface area (Å²) in [5.74, 6) is 0.970. The van der Waals surface area contributed by atoms with Crippen molar-refractivity contribution in [3.8, 4) is 0 Å². The highest BCUT2D eigenvalue weighted by Crippen LogP contribution is 2.21. The van der Waals surface area contributed by atoms with Crippen molar-refractivity contribution in [2.75, 3.05) is 5.32 Å². The summed E-state index contributed by atoms with van der Waals surface area (Å²) in [6, 6.07) is 6.59. The molecule has 3 rings (SSSR count). The van der Waals surface area contributed by atoms with Crippen LogP contribution in [-0.2, 0) is 6.54 Å². The van der Waals surface area contributed by atoms with E-state index in [1.165, 1.54) is 32.1 Å². The standard InChI is InChI=1S/C15H20N4/c1-2-6-13(7-3-1)18-15-17-10-11-19(15)12-14-8-4-5-9-16-14/h4-5,8-11,13H,1-3,6-7,12H2,(H,17,18). The number of hydrogen-bond donors (Lipinski definition) is 1. The average Bonchev–Trinajstić information content (AvgIpc) is 2.88. The number of nitrogens with zero attached hydrogens (tertiary/aromatic N) is 3. The third-order valence-electron chi connectivity index (χ3n) is 3.71. The highest BCUT2D eigenvalue weighted by molar-refractivity contribution is 5.28. The summed E-state index contributed by atoms with van der Waals surface area (Å²) in [7, 11) is 0. The van der Waals surface area contributed by atoms with E-state index in [1.54, 1.807) is 0 Å². The predicted molar refractivity (Wildman–Crippen MR) is 76.1 cm³/mol. The van der Waals surface area contributed by atoms with E-state index in [-0.39, 0.29) is 0 Å². The first-order chi connectivity index (χ1) is 9.42. The van der Waals surface area contributed by atoms with Gasteiger partial charge in [0.25, 0.3) is 0 Å². The lowest BCUT2D eigenvalue weighted by Crippen LogP contribution is -2.24. The van der Waals surface area contributed by atoms with Crippen LogP contribution < -0.4 is 5.32 Å². The maximum absolute atomic E-state index is 4.43. The van der Waals surface area contributed by atoms with Crippen LogP contribution in [0.5, 0.6) is 0 Å². The van der Waals surface area contributed by atoms with Crippen molar-refractivity contribution >= 4 is 5.95 Å². The molecule has 0 atom stereocenters. The van der Waals surface area contributed by atoms with Gasteiger partial charge in [-0.05, 0) is 25.0 Å². The fourth-order valence-corrected chi connectivity index (χ4v) is 2.67. The molecule has 2 aromatic heterocycles. The molecule has 1 saturated carbocycles. The van der Waals surface area contributed by atoms with Crippen molar-refractivity contribution in [2.24, 2.45) is 0 Å². The Kier molecular flexibility index (Phi) is 3.77. The molecule has 100 valence electrons. The average molecular weight is 256 g/mol. The van der Waals surface area contributed by atoms with Gasteiger partial charge in [-0.1, -0.05) is 25.3 Å². The van der Waals surface area contributed by atoms with Gasteiger partial charge in [0.15, 0.2) is 0 Å². The van der Waals surface area contributed by atoms with E-state index in [4.69, 9.17) is 0 Å². The largest absolute Gasteiger partial charge is 0.353 e. The first-order valence-corrected chi connectivity index (χ1v) is 7.09. The topological polar surface area (TPSA) is 42.7 Å². The monoisotopic (exact) mass is 256 g/mol. The number of anilines is 1. The molecule has 0 aliphatic heterocycles. The zero-order valence-corrected chi connectivity index (χ0v) is 11.1. The van der Waals surface area contributed by atoms with Crippen molar-refractivity contribution in [2.45, 2.75) is 44.7 Å². The van der Waals surface area contributed by atoms with E-state index in [1.807, 2.05) is 36.8 Å². The normalized spacial score (nSPS) is 16.4. The Morgan fingerprint density at radius 3 is 2.79 bits per heavy atom. The van der Waals surface area contributed by atoms with Crippen molar-refractivity contribution in [3.63, 3.8) is 0 Å². The van der Waals surface area contributed by atoms with Crippen LogP contribution in [0.1, 0.15) is 37.8 Å². The van der Waals surface area contributed by atoms with Crippen molar-refractivity contribution < 1.29 is 0 Å². The van der Waals surface area contributed by atoms with Gasteiger partial charge in [0.2, 0.25) is 5.95 Å². The van der Waals surface area contributed by atoms with Gasteiger partial charge in [0.1, 0.15) is 0 Å². The second-order valence-electron chi connectivity index (χ2n) is 5.18. The van der Waals surface area contributed by atoms with E-state index in [0.29, 0.717) is 6.04 Å². The zero-order valence-electron chi connectivity index (χ0n) is 11.1. The molecule has 0 amide bonds. The lowest BCUT2D eigenvalue weighted by atomic mass is 9.96. The van der Waals surface area contributed by atoms with Crippen molar-refractivity contribution in [3.05, 3.63) is 42.5 Å². The number of pyridine rings is 1. The first-order valence-electron chi connectivity index (χ1n) is 7.09. The van der Waals surface area contributed by atoms with Crippen LogP contribution >= 0.6 is 0 Å². The molecule has 4 heteroatoms. The maximum Gasteiger partial charge on any atom is 0.203 e. The first kappa shape index (κ1) is 12.2. The molecule has 19 heavy (non-hydrogen) atoms. The third kappa shape index (κ3) is 3.13. The van der Waals surface area contributed by atoms with Crippen LogP contribution in [0.4, 0.5) is 5.95 Å². The van der Waals surface area contributed by atoms with Gasteiger partial charge in [0.05, 0.1) is 12.2 Å². The number of nitrogens with one attached hydrogen (secondary N) is 1. The predicted octanol–water partition coefficient (Wildman–Crippen LogP) is 3.07. The third-order valence-corrected chi connectivity index (χ3v) is 3.71.